The Labute approximate surface area is 116 Å². The normalized spacial score (nSPS) is 14.2. The van der Waals surface area contributed by atoms with Gasteiger partial charge in [-0.05, 0) is 45.0 Å². The fourth-order valence-corrected chi connectivity index (χ4v) is 3.14. The summed E-state index contributed by atoms with van der Waals surface area (Å²) in [5, 5.41) is 3.22. The van der Waals surface area contributed by atoms with Crippen molar-refractivity contribution in [2.24, 2.45) is 5.41 Å². The minimum absolute atomic E-state index is 0.326. The summed E-state index contributed by atoms with van der Waals surface area (Å²) in [5.74, 6) is 0. The Morgan fingerprint density at radius 3 is 2.50 bits per heavy atom. The van der Waals surface area contributed by atoms with Gasteiger partial charge in [0, 0.05) is 28.9 Å². The topological polar surface area (TPSA) is 15.3 Å². The lowest BCUT2D eigenvalue weighted by Crippen LogP contribution is -2.38. The third kappa shape index (κ3) is 4.08. The molecule has 2 nitrogen and oxygen atoms in total. The largest absolute Gasteiger partial charge is 0.315 e. The lowest BCUT2D eigenvalue weighted by Gasteiger charge is -2.35. The van der Waals surface area contributed by atoms with Gasteiger partial charge < -0.3 is 5.32 Å². The summed E-state index contributed by atoms with van der Waals surface area (Å²) in [7, 11) is 4.23. The number of nitrogens with zero attached hydrogens (tertiary/aromatic N) is 1. The van der Waals surface area contributed by atoms with E-state index in [0.29, 0.717) is 11.5 Å². The second-order valence-electron chi connectivity index (χ2n) is 6.28. The molecule has 0 spiro atoms. The summed E-state index contributed by atoms with van der Waals surface area (Å²) in [6, 6.07) is 2.92. The second-order valence-corrected chi connectivity index (χ2v) is 7.62. The first-order valence-electron chi connectivity index (χ1n) is 6.68. The van der Waals surface area contributed by atoms with E-state index in [4.69, 9.17) is 0 Å². The van der Waals surface area contributed by atoms with Crippen LogP contribution in [0.2, 0.25) is 0 Å². The Bertz CT molecular complexity index is 376. The molecule has 0 bridgehead atoms. The van der Waals surface area contributed by atoms with E-state index in [2.05, 4.69) is 57.9 Å². The van der Waals surface area contributed by atoms with Crippen LogP contribution in [-0.2, 0) is 13.1 Å². The van der Waals surface area contributed by atoms with Crippen LogP contribution in [-0.4, -0.2) is 25.0 Å². The van der Waals surface area contributed by atoms with E-state index in [1.54, 1.807) is 0 Å². The van der Waals surface area contributed by atoms with Crippen molar-refractivity contribution in [3.05, 3.63) is 21.4 Å². The molecule has 0 aliphatic carbocycles. The average Bonchev–Trinajstić information content (AvgIpc) is 2.57. The monoisotopic (exact) mass is 268 g/mol. The molecule has 1 aromatic rings. The van der Waals surface area contributed by atoms with Crippen molar-refractivity contribution in [1.82, 2.24) is 10.2 Å². The molecule has 1 unspecified atom stereocenters. The van der Waals surface area contributed by atoms with Gasteiger partial charge in [0.05, 0.1) is 0 Å². The molecule has 1 atom stereocenters. The first-order valence-corrected chi connectivity index (χ1v) is 7.50. The van der Waals surface area contributed by atoms with Gasteiger partial charge in [0.15, 0.2) is 0 Å². The number of nitrogens with one attached hydrogen (secondary N) is 1. The first-order chi connectivity index (χ1) is 8.25. The molecule has 1 rings (SSSR count). The predicted molar refractivity (Wildman–Crippen MR) is 82.2 cm³/mol. The summed E-state index contributed by atoms with van der Waals surface area (Å²) in [6.45, 7) is 13.5. The molecule has 0 radical (unpaired) electrons. The fraction of sp³-hybridized carbons (Fsp3) is 0.733. The van der Waals surface area contributed by atoms with Crippen LogP contribution in [0, 0.1) is 12.3 Å². The van der Waals surface area contributed by atoms with E-state index in [1.807, 2.05) is 18.4 Å². The maximum Gasteiger partial charge on any atom is 0.0296 e. The Balaban J connectivity index is 2.72. The Morgan fingerprint density at radius 1 is 1.39 bits per heavy atom. The second kappa shape index (κ2) is 6.18. The van der Waals surface area contributed by atoms with Gasteiger partial charge in [-0.25, -0.2) is 0 Å². The van der Waals surface area contributed by atoms with E-state index in [-0.39, 0.29) is 0 Å². The Morgan fingerprint density at radius 2 is 2.00 bits per heavy atom. The number of rotatable bonds is 5. The molecule has 0 saturated heterocycles. The number of aryl methyl sites for hydroxylation is 1. The highest BCUT2D eigenvalue weighted by molar-refractivity contribution is 7.12. The maximum atomic E-state index is 3.22. The van der Waals surface area contributed by atoms with Gasteiger partial charge in [0.1, 0.15) is 0 Å². The van der Waals surface area contributed by atoms with E-state index in [9.17, 15) is 0 Å². The standard InChI is InChI=1S/C15H28N2S/c1-11-13(8-14(18-11)9-16-6)10-17(7)12(2)15(3,4)5/h8,12,16H,9-10H2,1-7H3. The molecule has 0 fully saturated rings. The van der Waals surface area contributed by atoms with E-state index >= 15 is 0 Å². The molecule has 0 aliphatic heterocycles. The quantitative estimate of drug-likeness (QED) is 0.877. The highest BCUT2D eigenvalue weighted by atomic mass is 32.1. The molecule has 0 amide bonds. The summed E-state index contributed by atoms with van der Waals surface area (Å²) < 4.78 is 0. The molecule has 1 N–H and O–H groups in total. The molecule has 3 heteroatoms. The van der Waals surface area contributed by atoms with Crippen LogP contribution in [0.25, 0.3) is 0 Å². The molecule has 1 heterocycles. The number of hydrogen-bond acceptors (Lipinski definition) is 3. The third-order valence-electron chi connectivity index (χ3n) is 3.76. The van der Waals surface area contributed by atoms with E-state index < -0.39 is 0 Å². The van der Waals surface area contributed by atoms with Gasteiger partial charge in [0.25, 0.3) is 0 Å². The van der Waals surface area contributed by atoms with Crippen molar-refractivity contribution in [3.63, 3.8) is 0 Å². The van der Waals surface area contributed by atoms with Crippen LogP contribution in [0.4, 0.5) is 0 Å². The van der Waals surface area contributed by atoms with E-state index in [0.717, 1.165) is 13.1 Å². The zero-order valence-corrected chi connectivity index (χ0v) is 13.7. The molecular weight excluding hydrogens is 240 g/mol. The fourth-order valence-electron chi connectivity index (χ4n) is 2.07. The minimum Gasteiger partial charge on any atom is -0.315 e. The van der Waals surface area contributed by atoms with Crippen molar-refractivity contribution in [3.8, 4) is 0 Å². The van der Waals surface area contributed by atoms with Crippen molar-refractivity contribution in [1.29, 1.82) is 0 Å². The third-order valence-corrected chi connectivity index (χ3v) is 4.85. The van der Waals surface area contributed by atoms with Gasteiger partial charge in [-0.3, -0.25) is 4.90 Å². The SMILES string of the molecule is CNCc1cc(CN(C)C(C)C(C)(C)C)c(C)s1. The van der Waals surface area contributed by atoms with Crippen LogP contribution in [0.3, 0.4) is 0 Å². The lowest BCUT2D eigenvalue weighted by molar-refractivity contribution is 0.134. The highest BCUT2D eigenvalue weighted by Gasteiger charge is 2.24. The van der Waals surface area contributed by atoms with E-state index in [1.165, 1.54) is 15.3 Å². The van der Waals surface area contributed by atoms with Crippen molar-refractivity contribution in [2.45, 2.75) is 53.8 Å². The zero-order valence-electron chi connectivity index (χ0n) is 12.9. The molecule has 18 heavy (non-hydrogen) atoms. The van der Waals surface area contributed by atoms with Crippen LogP contribution in [0.15, 0.2) is 6.07 Å². The molecule has 0 aliphatic rings. The van der Waals surface area contributed by atoms with Crippen LogP contribution in [0.1, 0.15) is 43.0 Å². The number of thiophene rings is 1. The summed E-state index contributed by atoms with van der Waals surface area (Å²) in [6.07, 6.45) is 0. The molecule has 0 saturated carbocycles. The summed E-state index contributed by atoms with van der Waals surface area (Å²) in [4.78, 5) is 5.34. The molecular formula is C15H28N2S. The van der Waals surface area contributed by atoms with Crippen molar-refractivity contribution >= 4 is 11.3 Å². The summed E-state index contributed by atoms with van der Waals surface area (Å²) >= 11 is 1.91. The van der Waals surface area contributed by atoms with Crippen LogP contribution in [0.5, 0.6) is 0 Å². The van der Waals surface area contributed by atoms with Gasteiger partial charge in [-0.2, -0.15) is 0 Å². The smallest absolute Gasteiger partial charge is 0.0296 e. The molecule has 104 valence electrons. The van der Waals surface area contributed by atoms with Gasteiger partial charge >= 0.3 is 0 Å². The highest BCUT2D eigenvalue weighted by Crippen LogP contribution is 2.27. The van der Waals surface area contributed by atoms with Crippen molar-refractivity contribution in [2.75, 3.05) is 14.1 Å². The van der Waals surface area contributed by atoms with Gasteiger partial charge in [-0.15, -0.1) is 11.3 Å². The van der Waals surface area contributed by atoms with Gasteiger partial charge in [0.2, 0.25) is 0 Å². The Kier molecular flexibility index (Phi) is 5.38. The lowest BCUT2D eigenvalue weighted by atomic mass is 9.87. The first kappa shape index (κ1) is 15.7. The van der Waals surface area contributed by atoms with Crippen molar-refractivity contribution < 1.29 is 0 Å². The van der Waals surface area contributed by atoms with Crippen LogP contribution >= 0.6 is 11.3 Å². The molecule has 0 aromatic carbocycles. The maximum absolute atomic E-state index is 3.22. The Hall–Kier alpha value is -0.380. The zero-order chi connectivity index (χ0) is 13.9. The number of hydrogen-bond donors (Lipinski definition) is 1. The predicted octanol–water partition coefficient (Wildman–Crippen LogP) is 3.64. The minimum atomic E-state index is 0.326. The van der Waals surface area contributed by atoms with Crippen LogP contribution < -0.4 is 5.32 Å². The van der Waals surface area contributed by atoms with Gasteiger partial charge in [-0.1, -0.05) is 20.8 Å². The summed E-state index contributed by atoms with van der Waals surface area (Å²) in [5.41, 5.74) is 1.80. The molecule has 1 aromatic heterocycles. The average molecular weight is 268 g/mol.